The minimum atomic E-state index is -0.562. The van der Waals surface area contributed by atoms with Crippen molar-refractivity contribution in [2.45, 2.75) is 46.3 Å². The molecule has 0 radical (unpaired) electrons. The highest BCUT2D eigenvalue weighted by atomic mass is 16.5. The van der Waals surface area contributed by atoms with Gasteiger partial charge < -0.3 is 14.8 Å². The molecule has 0 saturated carbocycles. The van der Waals surface area contributed by atoms with E-state index in [0.717, 1.165) is 18.6 Å². The van der Waals surface area contributed by atoms with Gasteiger partial charge in [0, 0.05) is 6.54 Å². The lowest BCUT2D eigenvalue weighted by molar-refractivity contribution is -0.127. The minimum absolute atomic E-state index is 0.125. The number of carbonyl (C=O) groups is 1. The van der Waals surface area contributed by atoms with Crippen molar-refractivity contribution in [3.63, 3.8) is 0 Å². The molecule has 25 heavy (non-hydrogen) atoms. The molecule has 2 aromatic carbocycles. The third kappa shape index (κ3) is 5.24. The van der Waals surface area contributed by atoms with E-state index in [9.17, 15) is 4.79 Å². The van der Waals surface area contributed by atoms with Gasteiger partial charge in [-0.25, -0.2) is 0 Å². The van der Waals surface area contributed by atoms with E-state index in [-0.39, 0.29) is 5.91 Å². The summed E-state index contributed by atoms with van der Waals surface area (Å²) in [5.74, 6) is 1.28. The van der Waals surface area contributed by atoms with Gasteiger partial charge in [0.05, 0.1) is 7.11 Å². The van der Waals surface area contributed by atoms with Crippen LogP contribution in [0.2, 0.25) is 0 Å². The van der Waals surface area contributed by atoms with E-state index in [4.69, 9.17) is 9.47 Å². The lowest BCUT2D eigenvalue weighted by Gasteiger charge is -2.16. The SMILES string of the molecule is CCc1ccc(CC)c(CNC(=O)C(C)Oc2ccc(OC)cc2)c1. The largest absolute Gasteiger partial charge is 0.497 e. The summed E-state index contributed by atoms with van der Waals surface area (Å²) in [5, 5.41) is 2.98. The van der Waals surface area contributed by atoms with Gasteiger partial charge in [0.15, 0.2) is 6.10 Å². The third-order valence-electron chi connectivity index (χ3n) is 4.25. The van der Waals surface area contributed by atoms with Gasteiger partial charge >= 0.3 is 0 Å². The Morgan fingerprint density at radius 2 is 1.68 bits per heavy atom. The molecule has 1 N–H and O–H groups in total. The number of aryl methyl sites for hydroxylation is 2. The molecular formula is C21H27NO3. The number of carbonyl (C=O) groups excluding carboxylic acids is 1. The van der Waals surface area contributed by atoms with Gasteiger partial charge in [0.25, 0.3) is 5.91 Å². The molecule has 2 aromatic rings. The number of rotatable bonds is 8. The average molecular weight is 341 g/mol. The molecule has 0 aromatic heterocycles. The van der Waals surface area contributed by atoms with Crippen molar-refractivity contribution in [1.82, 2.24) is 5.32 Å². The maximum atomic E-state index is 12.3. The Hall–Kier alpha value is -2.49. The number of methoxy groups -OCH3 is 1. The summed E-state index contributed by atoms with van der Waals surface area (Å²) in [7, 11) is 1.62. The van der Waals surface area contributed by atoms with E-state index in [1.807, 2.05) is 12.1 Å². The number of hydrogen-bond acceptors (Lipinski definition) is 3. The van der Waals surface area contributed by atoms with E-state index in [0.29, 0.717) is 12.3 Å². The molecular weight excluding hydrogens is 314 g/mol. The molecule has 2 rings (SSSR count). The van der Waals surface area contributed by atoms with Gasteiger partial charge in [-0.2, -0.15) is 0 Å². The van der Waals surface area contributed by atoms with E-state index in [2.05, 4.69) is 37.4 Å². The summed E-state index contributed by atoms with van der Waals surface area (Å²) < 4.78 is 10.8. The number of nitrogens with one attached hydrogen (secondary N) is 1. The van der Waals surface area contributed by atoms with Crippen LogP contribution in [0.15, 0.2) is 42.5 Å². The molecule has 134 valence electrons. The fourth-order valence-electron chi connectivity index (χ4n) is 2.65. The standard InChI is InChI=1S/C21H27NO3/c1-5-16-7-8-17(6-2)18(13-16)14-22-21(23)15(3)25-20-11-9-19(24-4)10-12-20/h7-13,15H,5-6,14H2,1-4H3,(H,22,23). The predicted octanol–water partition coefficient (Wildman–Crippen LogP) is 3.90. The zero-order valence-electron chi connectivity index (χ0n) is 15.5. The Kier molecular flexibility index (Phi) is 6.87. The second-order valence-electron chi connectivity index (χ2n) is 5.96. The van der Waals surface area contributed by atoms with Gasteiger partial charge in [-0.3, -0.25) is 4.79 Å². The molecule has 0 heterocycles. The van der Waals surface area contributed by atoms with Gasteiger partial charge in [0.1, 0.15) is 11.5 Å². The van der Waals surface area contributed by atoms with Crippen molar-refractivity contribution >= 4 is 5.91 Å². The molecule has 0 aliphatic carbocycles. The van der Waals surface area contributed by atoms with Crippen LogP contribution in [0.3, 0.4) is 0 Å². The first-order valence-corrected chi connectivity index (χ1v) is 8.76. The molecule has 0 aliphatic rings. The average Bonchev–Trinajstić information content (AvgIpc) is 2.66. The minimum Gasteiger partial charge on any atom is -0.497 e. The topological polar surface area (TPSA) is 47.6 Å². The highest BCUT2D eigenvalue weighted by Gasteiger charge is 2.15. The first kappa shape index (κ1) is 18.8. The van der Waals surface area contributed by atoms with Crippen molar-refractivity contribution in [2.75, 3.05) is 7.11 Å². The Morgan fingerprint density at radius 1 is 1.00 bits per heavy atom. The fourth-order valence-corrected chi connectivity index (χ4v) is 2.65. The summed E-state index contributed by atoms with van der Waals surface area (Å²) in [6.45, 7) is 6.53. The zero-order chi connectivity index (χ0) is 18.2. The Bertz CT molecular complexity index is 695. The summed E-state index contributed by atoms with van der Waals surface area (Å²) in [5.41, 5.74) is 3.72. The Morgan fingerprint density at radius 3 is 2.28 bits per heavy atom. The van der Waals surface area contributed by atoms with Crippen molar-refractivity contribution in [3.8, 4) is 11.5 Å². The lowest BCUT2D eigenvalue weighted by Crippen LogP contribution is -2.36. The number of hydrogen-bond donors (Lipinski definition) is 1. The molecule has 0 bridgehead atoms. The van der Waals surface area contributed by atoms with Crippen LogP contribution in [0.1, 0.15) is 37.5 Å². The number of ether oxygens (including phenoxy) is 2. The predicted molar refractivity (Wildman–Crippen MR) is 100 cm³/mol. The first-order valence-electron chi connectivity index (χ1n) is 8.76. The first-order chi connectivity index (χ1) is 12.1. The van der Waals surface area contributed by atoms with Gasteiger partial charge in [-0.15, -0.1) is 0 Å². The summed E-state index contributed by atoms with van der Waals surface area (Å²) in [6, 6.07) is 13.7. The normalized spacial score (nSPS) is 11.7. The molecule has 1 atom stereocenters. The van der Waals surface area contributed by atoms with E-state index < -0.39 is 6.10 Å². The molecule has 1 amide bonds. The zero-order valence-corrected chi connectivity index (χ0v) is 15.5. The Labute approximate surface area is 150 Å². The third-order valence-corrected chi connectivity index (χ3v) is 4.25. The maximum absolute atomic E-state index is 12.3. The number of benzene rings is 2. The van der Waals surface area contributed by atoms with E-state index in [1.165, 1.54) is 16.7 Å². The smallest absolute Gasteiger partial charge is 0.261 e. The fraction of sp³-hybridized carbons (Fsp3) is 0.381. The van der Waals surface area contributed by atoms with Crippen molar-refractivity contribution < 1.29 is 14.3 Å². The van der Waals surface area contributed by atoms with E-state index in [1.54, 1.807) is 26.2 Å². The van der Waals surface area contributed by atoms with Crippen LogP contribution in [0.25, 0.3) is 0 Å². The molecule has 4 heteroatoms. The highest BCUT2D eigenvalue weighted by Crippen LogP contribution is 2.18. The van der Waals surface area contributed by atoms with Gasteiger partial charge in [-0.1, -0.05) is 32.0 Å². The lowest BCUT2D eigenvalue weighted by atomic mass is 10.0. The molecule has 0 saturated heterocycles. The molecule has 4 nitrogen and oxygen atoms in total. The maximum Gasteiger partial charge on any atom is 0.261 e. The molecule has 0 aliphatic heterocycles. The summed E-state index contributed by atoms with van der Waals surface area (Å²) in [4.78, 5) is 12.3. The Balaban J connectivity index is 1.94. The quantitative estimate of drug-likeness (QED) is 0.792. The van der Waals surface area contributed by atoms with Crippen LogP contribution in [-0.4, -0.2) is 19.1 Å². The highest BCUT2D eigenvalue weighted by molar-refractivity contribution is 5.80. The van der Waals surface area contributed by atoms with Gasteiger partial charge in [0.2, 0.25) is 0 Å². The van der Waals surface area contributed by atoms with Crippen molar-refractivity contribution in [2.24, 2.45) is 0 Å². The van der Waals surface area contributed by atoms with Crippen LogP contribution in [0, 0.1) is 0 Å². The van der Waals surface area contributed by atoms with E-state index >= 15 is 0 Å². The monoisotopic (exact) mass is 341 g/mol. The molecule has 0 spiro atoms. The van der Waals surface area contributed by atoms with Crippen LogP contribution >= 0.6 is 0 Å². The van der Waals surface area contributed by atoms with Crippen molar-refractivity contribution in [3.05, 3.63) is 59.2 Å². The van der Waals surface area contributed by atoms with Crippen LogP contribution in [0.4, 0.5) is 0 Å². The molecule has 0 fully saturated rings. The van der Waals surface area contributed by atoms with Crippen LogP contribution < -0.4 is 14.8 Å². The second kappa shape index (κ2) is 9.11. The second-order valence-corrected chi connectivity index (χ2v) is 5.96. The molecule has 1 unspecified atom stereocenters. The van der Waals surface area contributed by atoms with Crippen LogP contribution in [0.5, 0.6) is 11.5 Å². The summed E-state index contributed by atoms with van der Waals surface area (Å²) in [6.07, 6.45) is 1.38. The summed E-state index contributed by atoms with van der Waals surface area (Å²) >= 11 is 0. The van der Waals surface area contributed by atoms with Gasteiger partial charge in [-0.05, 0) is 60.7 Å². The van der Waals surface area contributed by atoms with Crippen LogP contribution in [-0.2, 0) is 24.2 Å². The number of amides is 1. The van der Waals surface area contributed by atoms with Crippen molar-refractivity contribution in [1.29, 1.82) is 0 Å².